The Bertz CT molecular complexity index is 324. The number of nitrogen functional groups attached to an aromatic ring is 1. The lowest BCUT2D eigenvalue weighted by Gasteiger charge is -2.19. The Labute approximate surface area is 91.1 Å². The summed E-state index contributed by atoms with van der Waals surface area (Å²) >= 11 is 0. The summed E-state index contributed by atoms with van der Waals surface area (Å²) in [6.07, 6.45) is 5.71. The van der Waals surface area contributed by atoms with Gasteiger partial charge in [-0.2, -0.15) is 0 Å². The number of nitrogens with zero attached hydrogens (tertiary/aromatic N) is 1. The first-order chi connectivity index (χ1) is 7.22. The molecule has 1 aromatic heterocycles. The van der Waals surface area contributed by atoms with E-state index in [1.165, 1.54) is 30.4 Å². The first-order valence-corrected chi connectivity index (χ1v) is 5.60. The van der Waals surface area contributed by atoms with E-state index in [-0.39, 0.29) is 0 Å². The van der Waals surface area contributed by atoms with Crippen molar-refractivity contribution in [3.05, 3.63) is 23.4 Å². The lowest BCUT2D eigenvalue weighted by Crippen LogP contribution is -2.20. The van der Waals surface area contributed by atoms with Gasteiger partial charge in [0.05, 0.1) is 0 Å². The van der Waals surface area contributed by atoms with Crippen LogP contribution < -0.4 is 11.1 Å². The van der Waals surface area contributed by atoms with Crippen molar-refractivity contribution in [1.29, 1.82) is 0 Å². The monoisotopic (exact) mass is 205 g/mol. The van der Waals surface area contributed by atoms with Crippen molar-refractivity contribution in [1.82, 2.24) is 10.3 Å². The molecule has 3 N–H and O–H groups in total. The molecule has 1 fully saturated rings. The first kappa shape index (κ1) is 10.4. The number of pyridine rings is 1. The third kappa shape index (κ3) is 2.29. The van der Waals surface area contributed by atoms with E-state index in [0.29, 0.717) is 11.9 Å². The molecular weight excluding hydrogens is 186 g/mol. The van der Waals surface area contributed by atoms with Gasteiger partial charge in [0.15, 0.2) is 0 Å². The Morgan fingerprint density at radius 1 is 1.60 bits per heavy atom. The van der Waals surface area contributed by atoms with Crippen LogP contribution in [0.3, 0.4) is 0 Å². The lowest BCUT2D eigenvalue weighted by molar-refractivity contribution is 0.512. The number of rotatable bonds is 4. The summed E-state index contributed by atoms with van der Waals surface area (Å²) in [5, 5.41) is 3.35. The normalized spacial score (nSPS) is 17.7. The Hall–Kier alpha value is -1.09. The minimum Gasteiger partial charge on any atom is -0.383 e. The van der Waals surface area contributed by atoms with Gasteiger partial charge in [-0.3, -0.25) is 0 Å². The second-order valence-electron chi connectivity index (χ2n) is 4.45. The minimum absolute atomic E-state index is 0.367. The molecule has 0 radical (unpaired) electrons. The standard InChI is InChI=1S/C12H19N3/c1-8-5-6-15-12(13)11(8)10(14-2)7-9-3-4-9/h5-6,9-10,14H,3-4,7H2,1-2H3,(H2,13,15). The molecule has 3 heteroatoms. The summed E-state index contributed by atoms with van der Waals surface area (Å²) in [6, 6.07) is 2.40. The molecule has 2 rings (SSSR count). The van der Waals surface area contributed by atoms with E-state index < -0.39 is 0 Å². The van der Waals surface area contributed by atoms with E-state index >= 15 is 0 Å². The zero-order valence-corrected chi connectivity index (χ0v) is 9.46. The van der Waals surface area contributed by atoms with Crippen molar-refractivity contribution in [3.63, 3.8) is 0 Å². The molecule has 1 unspecified atom stereocenters. The first-order valence-electron chi connectivity index (χ1n) is 5.60. The fourth-order valence-corrected chi connectivity index (χ4v) is 2.11. The second-order valence-corrected chi connectivity index (χ2v) is 4.45. The van der Waals surface area contributed by atoms with Crippen molar-refractivity contribution < 1.29 is 0 Å². The Kier molecular flexibility index (Phi) is 2.91. The lowest BCUT2D eigenvalue weighted by atomic mass is 9.98. The SMILES string of the molecule is CNC(CC1CC1)c1c(C)ccnc1N. The van der Waals surface area contributed by atoms with E-state index in [4.69, 9.17) is 5.73 Å². The van der Waals surface area contributed by atoms with Gasteiger partial charge in [0, 0.05) is 17.8 Å². The molecule has 0 bridgehead atoms. The highest BCUT2D eigenvalue weighted by Gasteiger charge is 2.27. The topological polar surface area (TPSA) is 50.9 Å². The zero-order chi connectivity index (χ0) is 10.8. The molecule has 1 aromatic rings. The minimum atomic E-state index is 0.367. The predicted molar refractivity (Wildman–Crippen MR) is 62.5 cm³/mol. The van der Waals surface area contributed by atoms with Crippen LogP contribution in [0.25, 0.3) is 0 Å². The average molecular weight is 205 g/mol. The molecule has 1 aliphatic rings. The molecule has 0 aliphatic heterocycles. The summed E-state index contributed by atoms with van der Waals surface area (Å²) in [5.74, 6) is 1.57. The molecule has 0 saturated heterocycles. The van der Waals surface area contributed by atoms with Gasteiger partial charge in [-0.25, -0.2) is 4.98 Å². The molecule has 82 valence electrons. The molecular formula is C12H19N3. The Morgan fingerprint density at radius 2 is 2.33 bits per heavy atom. The van der Waals surface area contributed by atoms with Gasteiger partial charge in [0.1, 0.15) is 5.82 Å². The number of aromatic nitrogens is 1. The molecule has 1 saturated carbocycles. The maximum Gasteiger partial charge on any atom is 0.128 e. The van der Waals surface area contributed by atoms with E-state index in [1.807, 2.05) is 13.1 Å². The van der Waals surface area contributed by atoms with Gasteiger partial charge >= 0.3 is 0 Å². The molecule has 15 heavy (non-hydrogen) atoms. The molecule has 1 heterocycles. The van der Waals surface area contributed by atoms with Crippen molar-refractivity contribution in [2.75, 3.05) is 12.8 Å². The summed E-state index contributed by atoms with van der Waals surface area (Å²) in [5.41, 5.74) is 8.37. The van der Waals surface area contributed by atoms with E-state index in [2.05, 4.69) is 17.2 Å². The highest BCUT2D eigenvalue weighted by atomic mass is 14.9. The van der Waals surface area contributed by atoms with Crippen LogP contribution in [0.5, 0.6) is 0 Å². The van der Waals surface area contributed by atoms with E-state index in [9.17, 15) is 0 Å². The predicted octanol–water partition coefficient (Wildman–Crippen LogP) is 2.03. The average Bonchev–Trinajstić information content (AvgIpc) is 2.99. The van der Waals surface area contributed by atoms with Crippen LogP contribution in [0.1, 0.15) is 36.4 Å². The number of hydrogen-bond donors (Lipinski definition) is 2. The zero-order valence-electron chi connectivity index (χ0n) is 9.46. The summed E-state index contributed by atoms with van der Waals surface area (Å²) < 4.78 is 0. The van der Waals surface area contributed by atoms with Crippen molar-refractivity contribution >= 4 is 5.82 Å². The van der Waals surface area contributed by atoms with E-state index in [1.54, 1.807) is 6.20 Å². The van der Waals surface area contributed by atoms with Crippen molar-refractivity contribution in [2.24, 2.45) is 5.92 Å². The van der Waals surface area contributed by atoms with Crippen LogP contribution >= 0.6 is 0 Å². The molecule has 0 amide bonds. The number of hydrogen-bond acceptors (Lipinski definition) is 3. The smallest absolute Gasteiger partial charge is 0.128 e. The maximum absolute atomic E-state index is 5.94. The van der Waals surface area contributed by atoms with Crippen LogP contribution in [0, 0.1) is 12.8 Å². The number of anilines is 1. The van der Waals surface area contributed by atoms with Crippen LogP contribution in [0.2, 0.25) is 0 Å². The molecule has 0 aromatic carbocycles. The number of nitrogens with one attached hydrogen (secondary N) is 1. The van der Waals surface area contributed by atoms with Crippen LogP contribution in [0.15, 0.2) is 12.3 Å². The Balaban J connectivity index is 2.23. The van der Waals surface area contributed by atoms with E-state index in [0.717, 1.165) is 5.92 Å². The summed E-state index contributed by atoms with van der Waals surface area (Å²) in [4.78, 5) is 4.17. The third-order valence-electron chi connectivity index (χ3n) is 3.20. The third-order valence-corrected chi connectivity index (χ3v) is 3.20. The highest BCUT2D eigenvalue weighted by molar-refractivity contribution is 5.46. The summed E-state index contributed by atoms with van der Waals surface area (Å²) in [7, 11) is 2.00. The summed E-state index contributed by atoms with van der Waals surface area (Å²) in [6.45, 7) is 2.10. The van der Waals surface area contributed by atoms with Gasteiger partial charge in [-0.05, 0) is 37.9 Å². The van der Waals surface area contributed by atoms with Gasteiger partial charge in [0.25, 0.3) is 0 Å². The Morgan fingerprint density at radius 3 is 2.87 bits per heavy atom. The fourth-order valence-electron chi connectivity index (χ4n) is 2.11. The number of aryl methyl sites for hydroxylation is 1. The van der Waals surface area contributed by atoms with Gasteiger partial charge in [-0.15, -0.1) is 0 Å². The quantitative estimate of drug-likeness (QED) is 0.790. The molecule has 3 nitrogen and oxygen atoms in total. The van der Waals surface area contributed by atoms with Gasteiger partial charge < -0.3 is 11.1 Å². The molecule has 1 aliphatic carbocycles. The second kappa shape index (κ2) is 4.19. The molecule has 1 atom stereocenters. The number of nitrogens with two attached hydrogens (primary N) is 1. The van der Waals surface area contributed by atoms with Crippen molar-refractivity contribution in [3.8, 4) is 0 Å². The van der Waals surface area contributed by atoms with Crippen LogP contribution in [0.4, 0.5) is 5.82 Å². The maximum atomic E-state index is 5.94. The fraction of sp³-hybridized carbons (Fsp3) is 0.583. The van der Waals surface area contributed by atoms with Crippen LogP contribution in [-0.2, 0) is 0 Å². The highest BCUT2D eigenvalue weighted by Crippen LogP contribution is 2.39. The largest absolute Gasteiger partial charge is 0.383 e. The van der Waals surface area contributed by atoms with Crippen LogP contribution in [-0.4, -0.2) is 12.0 Å². The molecule has 0 spiro atoms. The van der Waals surface area contributed by atoms with Crippen molar-refractivity contribution in [2.45, 2.75) is 32.2 Å². The van der Waals surface area contributed by atoms with Gasteiger partial charge in [0.2, 0.25) is 0 Å². The van der Waals surface area contributed by atoms with Gasteiger partial charge in [-0.1, -0.05) is 12.8 Å².